The van der Waals surface area contributed by atoms with Crippen LogP contribution in [0.1, 0.15) is 19.8 Å². The van der Waals surface area contributed by atoms with E-state index in [1.54, 1.807) is 0 Å². The van der Waals surface area contributed by atoms with E-state index in [9.17, 15) is 101 Å². The van der Waals surface area contributed by atoms with E-state index in [2.05, 4.69) is 11.3 Å². The van der Waals surface area contributed by atoms with Gasteiger partial charge in [0, 0.05) is 6.08 Å². The molecule has 0 saturated heterocycles. The first-order valence-corrected chi connectivity index (χ1v) is 10.4. The van der Waals surface area contributed by atoms with Crippen LogP contribution in [0, 0.1) is 11.3 Å². The lowest BCUT2D eigenvalue weighted by Crippen LogP contribution is -2.78. The van der Waals surface area contributed by atoms with Crippen LogP contribution in [-0.4, -0.2) is 72.8 Å². The zero-order valence-corrected chi connectivity index (χ0v) is 20.2. The molecule has 0 fully saturated rings. The van der Waals surface area contributed by atoms with E-state index in [-0.39, 0.29) is 0 Å². The second-order valence-electron chi connectivity index (χ2n) is 8.73. The van der Waals surface area contributed by atoms with Gasteiger partial charge >= 0.3 is 60.0 Å². The SMILES string of the molecule is C=CC(=O)OCC(C)CCC(F)C(C(F)(F)F)(C(F)(F)F)C(F)(F)C(F)(F)C(F)(F)C(F)(F)C(F)(F)C(F)(F)C(F)(F)F. The highest BCUT2D eigenvalue weighted by Gasteiger charge is 2.99. The summed E-state index contributed by atoms with van der Waals surface area (Å²) in [7, 11) is 0. The molecule has 0 aromatic heterocycles. The van der Waals surface area contributed by atoms with E-state index < -0.39 is 97.0 Å². The number of hydrogen-bond acceptors (Lipinski definition) is 2. The number of alkyl halides is 22. The van der Waals surface area contributed by atoms with Crippen molar-refractivity contribution in [1.82, 2.24) is 0 Å². The van der Waals surface area contributed by atoms with Crippen LogP contribution in [0.3, 0.4) is 0 Å². The number of carbonyl (C=O) groups excluding carboxylic acids is 1. The Labute approximate surface area is 224 Å². The Morgan fingerprint density at radius 2 is 0.907 bits per heavy atom. The summed E-state index contributed by atoms with van der Waals surface area (Å²) < 4.78 is 301. The van der Waals surface area contributed by atoms with Crippen molar-refractivity contribution in [2.45, 2.75) is 80.0 Å². The third kappa shape index (κ3) is 6.02. The number of halogens is 22. The first-order chi connectivity index (χ1) is 18.5. The van der Waals surface area contributed by atoms with Crippen molar-refractivity contribution >= 4 is 5.97 Å². The van der Waals surface area contributed by atoms with Crippen LogP contribution in [0.2, 0.25) is 0 Å². The fraction of sp³-hybridized carbons (Fsp3) is 0.842. The minimum Gasteiger partial charge on any atom is -0.462 e. The molecule has 2 nitrogen and oxygen atoms in total. The molecule has 256 valence electrons. The summed E-state index contributed by atoms with van der Waals surface area (Å²) in [4.78, 5) is 10.9. The van der Waals surface area contributed by atoms with Gasteiger partial charge in [0.2, 0.25) is 0 Å². The van der Waals surface area contributed by atoms with Crippen molar-refractivity contribution in [3.63, 3.8) is 0 Å². The molecule has 2 atom stereocenters. The lowest BCUT2D eigenvalue weighted by Gasteiger charge is -2.49. The topological polar surface area (TPSA) is 26.3 Å². The van der Waals surface area contributed by atoms with Crippen LogP contribution in [0.5, 0.6) is 0 Å². The summed E-state index contributed by atoms with van der Waals surface area (Å²) in [6.45, 7) is 2.42. The Bertz CT molecular complexity index is 974. The zero-order valence-electron chi connectivity index (χ0n) is 20.2. The summed E-state index contributed by atoms with van der Waals surface area (Å²) in [5, 5.41) is 0. The second kappa shape index (κ2) is 11.5. The van der Waals surface area contributed by atoms with Crippen molar-refractivity contribution in [1.29, 1.82) is 0 Å². The van der Waals surface area contributed by atoms with Gasteiger partial charge in [-0.1, -0.05) is 13.5 Å². The van der Waals surface area contributed by atoms with Crippen molar-refractivity contribution < 1.29 is 106 Å². The molecule has 0 aliphatic carbocycles. The summed E-state index contributed by atoms with van der Waals surface area (Å²) in [5.41, 5.74) is -8.24. The van der Waals surface area contributed by atoms with E-state index >= 15 is 0 Å². The highest BCUT2D eigenvalue weighted by molar-refractivity contribution is 5.81. The average Bonchev–Trinajstić information content (AvgIpc) is 2.77. The van der Waals surface area contributed by atoms with Crippen molar-refractivity contribution in [2.24, 2.45) is 11.3 Å². The maximum absolute atomic E-state index is 14.6. The van der Waals surface area contributed by atoms with Gasteiger partial charge in [-0.15, -0.1) is 0 Å². The molecule has 0 spiro atoms. The molecule has 43 heavy (non-hydrogen) atoms. The van der Waals surface area contributed by atoms with Gasteiger partial charge in [-0.25, -0.2) is 9.18 Å². The first-order valence-electron chi connectivity index (χ1n) is 10.4. The summed E-state index contributed by atoms with van der Waals surface area (Å²) in [6.07, 6.45) is -34.2. The summed E-state index contributed by atoms with van der Waals surface area (Å²) in [5.74, 6) is -57.5. The number of esters is 1. The minimum atomic E-state index is -9.34. The molecule has 0 aromatic carbocycles. The standard InChI is InChI=1S/C19H14F22O2/c1-3-9(42)43-6-7(2)4-5-8(20)10(17(33,34)35,18(36,37)38)11(21,22)12(23,24)13(25,26)14(27,28)15(29,30)16(31,32)19(39,40)41/h3,7-8H,1,4-6H2,2H3. The van der Waals surface area contributed by atoms with E-state index in [4.69, 9.17) is 0 Å². The zero-order chi connectivity index (χ0) is 35.3. The highest BCUT2D eigenvalue weighted by Crippen LogP contribution is 2.70. The summed E-state index contributed by atoms with van der Waals surface area (Å²) >= 11 is 0. The molecule has 0 heterocycles. The lowest BCUT2D eigenvalue weighted by atomic mass is 9.69. The molecule has 24 heteroatoms. The quantitative estimate of drug-likeness (QED) is 0.110. The number of hydrogen-bond donors (Lipinski definition) is 0. The van der Waals surface area contributed by atoms with Gasteiger partial charge in [0.05, 0.1) is 6.61 Å². The van der Waals surface area contributed by atoms with Gasteiger partial charge in [0.1, 0.15) is 6.17 Å². The molecule has 0 saturated carbocycles. The Kier molecular flexibility index (Phi) is 10.9. The molecule has 0 bridgehead atoms. The van der Waals surface area contributed by atoms with Crippen LogP contribution < -0.4 is 0 Å². The van der Waals surface area contributed by atoms with Gasteiger partial charge in [-0.2, -0.15) is 92.2 Å². The molecule has 0 aliphatic rings. The van der Waals surface area contributed by atoms with E-state index in [0.717, 1.165) is 0 Å². The molecule has 0 amide bonds. The van der Waals surface area contributed by atoms with Crippen LogP contribution >= 0.6 is 0 Å². The van der Waals surface area contributed by atoms with Gasteiger partial charge in [0.15, 0.2) is 0 Å². The molecule has 0 aromatic rings. The minimum absolute atomic E-state index is 0.412. The Hall–Kier alpha value is -2.33. The van der Waals surface area contributed by atoms with E-state index in [1.165, 1.54) is 0 Å². The van der Waals surface area contributed by atoms with Crippen LogP contribution in [-0.2, 0) is 9.53 Å². The molecule has 0 aliphatic heterocycles. The van der Waals surface area contributed by atoms with Crippen molar-refractivity contribution in [3.05, 3.63) is 12.7 Å². The smallest absolute Gasteiger partial charge is 0.460 e. The Balaban J connectivity index is 7.35. The van der Waals surface area contributed by atoms with Crippen molar-refractivity contribution in [3.8, 4) is 0 Å². The van der Waals surface area contributed by atoms with Gasteiger partial charge < -0.3 is 4.74 Å². The number of carbonyl (C=O) groups is 1. The van der Waals surface area contributed by atoms with Crippen LogP contribution in [0.25, 0.3) is 0 Å². The largest absolute Gasteiger partial charge is 0.462 e. The predicted octanol–water partition coefficient (Wildman–Crippen LogP) is 8.96. The predicted molar refractivity (Wildman–Crippen MR) is 94.7 cm³/mol. The third-order valence-corrected chi connectivity index (χ3v) is 5.78. The Morgan fingerprint density at radius 1 is 0.581 bits per heavy atom. The highest BCUT2D eigenvalue weighted by atomic mass is 19.4. The second-order valence-corrected chi connectivity index (χ2v) is 8.73. The monoisotopic (exact) mass is 692 g/mol. The fourth-order valence-corrected chi connectivity index (χ4v) is 3.30. The number of ether oxygens (including phenoxy) is 1. The molecule has 0 rings (SSSR count). The molecule has 0 N–H and O–H groups in total. The Morgan fingerprint density at radius 3 is 1.21 bits per heavy atom. The molecule has 2 unspecified atom stereocenters. The number of rotatable bonds is 13. The molecule has 0 radical (unpaired) electrons. The maximum atomic E-state index is 14.6. The first kappa shape index (κ1) is 40.7. The van der Waals surface area contributed by atoms with Gasteiger partial charge in [0.25, 0.3) is 5.41 Å². The maximum Gasteiger partial charge on any atom is 0.460 e. The lowest BCUT2D eigenvalue weighted by molar-refractivity contribution is -0.490. The normalized spacial score (nSPS) is 17.0. The van der Waals surface area contributed by atoms with Gasteiger partial charge in [-0.05, 0) is 18.8 Å². The third-order valence-electron chi connectivity index (χ3n) is 5.78. The molecular formula is C19H14F22O2. The van der Waals surface area contributed by atoms with E-state index in [1.807, 2.05) is 0 Å². The molecular weight excluding hydrogens is 678 g/mol. The van der Waals surface area contributed by atoms with Gasteiger partial charge in [-0.3, -0.25) is 0 Å². The summed E-state index contributed by atoms with van der Waals surface area (Å²) in [6, 6.07) is 0. The van der Waals surface area contributed by atoms with Crippen molar-refractivity contribution in [2.75, 3.05) is 6.61 Å². The van der Waals surface area contributed by atoms with E-state index in [0.29, 0.717) is 13.0 Å². The van der Waals surface area contributed by atoms with Crippen LogP contribution in [0.4, 0.5) is 96.6 Å². The fourth-order valence-electron chi connectivity index (χ4n) is 3.30. The van der Waals surface area contributed by atoms with Crippen LogP contribution in [0.15, 0.2) is 12.7 Å². The average molecular weight is 692 g/mol.